The summed E-state index contributed by atoms with van der Waals surface area (Å²) in [5.41, 5.74) is -0.154. The van der Waals surface area contributed by atoms with Crippen molar-refractivity contribution in [2.45, 2.75) is 39.4 Å². The molecule has 0 spiro atoms. The molecule has 6 heteroatoms. The minimum Gasteiger partial charge on any atom is -0.483 e. The summed E-state index contributed by atoms with van der Waals surface area (Å²) in [7, 11) is 0. The van der Waals surface area contributed by atoms with Crippen LogP contribution in [0.4, 0.5) is 0 Å². The van der Waals surface area contributed by atoms with Crippen LogP contribution in [0.25, 0.3) is 11.0 Å². The maximum atomic E-state index is 12.9. The van der Waals surface area contributed by atoms with Crippen molar-refractivity contribution in [3.05, 3.63) is 51.9 Å². The van der Waals surface area contributed by atoms with Gasteiger partial charge in [0.15, 0.2) is 0 Å². The van der Waals surface area contributed by atoms with Crippen LogP contribution in [0.3, 0.4) is 0 Å². The molecule has 3 rings (SSSR count). The van der Waals surface area contributed by atoms with E-state index in [2.05, 4.69) is 0 Å². The maximum absolute atomic E-state index is 12.9. The molecular weight excluding hydrogens is 324 g/mol. The van der Waals surface area contributed by atoms with E-state index in [1.807, 2.05) is 0 Å². The van der Waals surface area contributed by atoms with Crippen molar-refractivity contribution in [1.29, 1.82) is 0 Å². The lowest BCUT2D eigenvalue weighted by molar-refractivity contribution is -0.150. The average Bonchev–Trinajstić information content (AvgIpc) is 2.49. The number of ketones is 1. The molecule has 0 saturated carbocycles. The van der Waals surface area contributed by atoms with E-state index in [1.54, 1.807) is 39.8 Å². The van der Waals surface area contributed by atoms with E-state index in [0.29, 0.717) is 16.7 Å². The first-order chi connectivity index (χ1) is 11.7. The third kappa shape index (κ3) is 3.20. The first-order valence-corrected chi connectivity index (χ1v) is 7.84. The van der Waals surface area contributed by atoms with E-state index in [0.717, 1.165) is 5.57 Å². The molecule has 2 aromatic rings. The van der Waals surface area contributed by atoms with Crippen LogP contribution in [0.1, 0.15) is 38.1 Å². The lowest BCUT2D eigenvalue weighted by Gasteiger charge is -2.37. The molecule has 0 N–H and O–H groups in total. The van der Waals surface area contributed by atoms with Gasteiger partial charge in [0.25, 0.3) is 0 Å². The molecule has 1 aromatic carbocycles. The molecule has 2 heterocycles. The second kappa shape index (κ2) is 5.88. The van der Waals surface area contributed by atoms with Gasteiger partial charge in [-0.2, -0.15) is 0 Å². The topological polar surface area (TPSA) is 82.8 Å². The number of fused-ring (bicyclic) bond motifs is 2. The van der Waals surface area contributed by atoms with E-state index in [1.165, 1.54) is 18.2 Å². The molecule has 130 valence electrons. The zero-order valence-corrected chi connectivity index (χ0v) is 14.4. The van der Waals surface area contributed by atoms with Gasteiger partial charge in [0.05, 0.1) is 5.56 Å². The number of Topliss-reactive ketones (excluding diaryl/α,β-unsaturated/α-hetero) is 1. The molecule has 0 fully saturated rings. The Morgan fingerprint density at radius 1 is 1.20 bits per heavy atom. The summed E-state index contributed by atoms with van der Waals surface area (Å²) in [5.74, 6) is -0.647. The van der Waals surface area contributed by atoms with Crippen LogP contribution in [-0.2, 0) is 9.53 Å². The molecule has 0 unspecified atom stereocenters. The Balaban J connectivity index is 2.05. The standard InChI is InChI=1S/C19H18O6/c1-10(2)7-16(21)24-18-17(22)12-8-11-5-6-15(20)23-13(11)9-14(12)25-19(18,3)4/h5-9,18H,1-4H3/t18-/m1/s1. The Kier molecular flexibility index (Phi) is 3.99. The number of benzene rings is 1. The third-order valence-corrected chi connectivity index (χ3v) is 3.87. The highest BCUT2D eigenvalue weighted by molar-refractivity contribution is 6.07. The fourth-order valence-corrected chi connectivity index (χ4v) is 2.75. The lowest BCUT2D eigenvalue weighted by Crippen LogP contribution is -2.52. The van der Waals surface area contributed by atoms with Crippen LogP contribution >= 0.6 is 0 Å². The molecule has 1 aliphatic heterocycles. The Morgan fingerprint density at radius 2 is 1.92 bits per heavy atom. The van der Waals surface area contributed by atoms with Crippen molar-refractivity contribution in [3.63, 3.8) is 0 Å². The van der Waals surface area contributed by atoms with E-state index in [4.69, 9.17) is 13.9 Å². The SMILES string of the molecule is CC(C)=CC(=O)O[C@@H]1C(=O)c2cc3ccc(=O)oc3cc2OC1(C)C. The van der Waals surface area contributed by atoms with Crippen LogP contribution in [0.15, 0.2) is 45.1 Å². The fourth-order valence-electron chi connectivity index (χ4n) is 2.75. The lowest BCUT2D eigenvalue weighted by atomic mass is 9.89. The minimum atomic E-state index is -1.07. The molecule has 0 aliphatic carbocycles. The molecule has 0 bridgehead atoms. The van der Waals surface area contributed by atoms with E-state index >= 15 is 0 Å². The summed E-state index contributed by atoms with van der Waals surface area (Å²) in [6, 6.07) is 5.94. The van der Waals surface area contributed by atoms with Crippen molar-refractivity contribution >= 4 is 22.7 Å². The minimum absolute atomic E-state index is 0.288. The van der Waals surface area contributed by atoms with Gasteiger partial charge < -0.3 is 13.9 Å². The van der Waals surface area contributed by atoms with Gasteiger partial charge in [-0.25, -0.2) is 9.59 Å². The number of rotatable bonds is 2. The number of carbonyl (C=O) groups excluding carboxylic acids is 2. The summed E-state index contributed by atoms with van der Waals surface area (Å²) < 4.78 is 16.4. The van der Waals surface area contributed by atoms with Crippen LogP contribution < -0.4 is 10.4 Å². The quantitative estimate of drug-likeness (QED) is 0.474. The second-order valence-corrected chi connectivity index (χ2v) is 6.75. The average molecular weight is 342 g/mol. The van der Waals surface area contributed by atoms with Gasteiger partial charge in [-0.1, -0.05) is 5.57 Å². The number of hydrogen-bond acceptors (Lipinski definition) is 6. The van der Waals surface area contributed by atoms with Crippen molar-refractivity contribution in [2.75, 3.05) is 0 Å². The van der Waals surface area contributed by atoms with E-state index in [-0.39, 0.29) is 11.3 Å². The molecule has 6 nitrogen and oxygen atoms in total. The van der Waals surface area contributed by atoms with Crippen molar-refractivity contribution in [2.24, 2.45) is 0 Å². The molecule has 25 heavy (non-hydrogen) atoms. The summed E-state index contributed by atoms with van der Waals surface area (Å²) in [5, 5.41) is 0.587. The van der Waals surface area contributed by atoms with Gasteiger partial charge in [0, 0.05) is 23.6 Å². The van der Waals surface area contributed by atoms with Gasteiger partial charge >= 0.3 is 11.6 Å². The summed E-state index contributed by atoms with van der Waals surface area (Å²) in [6.45, 7) is 6.86. The molecule has 1 aliphatic rings. The van der Waals surface area contributed by atoms with E-state index in [9.17, 15) is 14.4 Å². The number of esters is 1. The predicted molar refractivity (Wildman–Crippen MR) is 90.8 cm³/mol. The highest BCUT2D eigenvalue weighted by Gasteiger charge is 2.46. The van der Waals surface area contributed by atoms with Crippen LogP contribution in [0.2, 0.25) is 0 Å². The van der Waals surface area contributed by atoms with Crippen LogP contribution in [0.5, 0.6) is 5.75 Å². The van der Waals surface area contributed by atoms with Crippen molar-refractivity contribution in [1.82, 2.24) is 0 Å². The number of allylic oxidation sites excluding steroid dienone is 1. The second-order valence-electron chi connectivity index (χ2n) is 6.75. The number of ether oxygens (including phenoxy) is 2. The smallest absolute Gasteiger partial charge is 0.336 e. The zero-order valence-electron chi connectivity index (χ0n) is 14.4. The van der Waals surface area contributed by atoms with Gasteiger partial charge in [-0.05, 0) is 39.8 Å². The Hall–Kier alpha value is -2.89. The predicted octanol–water partition coefficient (Wildman–Crippen LogP) is 3.02. The molecule has 1 atom stereocenters. The summed E-state index contributed by atoms with van der Waals surface area (Å²) >= 11 is 0. The van der Waals surface area contributed by atoms with Crippen molar-refractivity contribution in [3.8, 4) is 5.75 Å². The monoisotopic (exact) mass is 342 g/mol. The largest absolute Gasteiger partial charge is 0.483 e. The fraction of sp³-hybridized carbons (Fsp3) is 0.316. The van der Waals surface area contributed by atoms with Gasteiger partial charge in [-0.15, -0.1) is 0 Å². The zero-order chi connectivity index (χ0) is 18.4. The Bertz CT molecular complexity index is 960. The maximum Gasteiger partial charge on any atom is 0.336 e. The molecule has 0 saturated heterocycles. The molecule has 0 radical (unpaired) electrons. The highest BCUT2D eigenvalue weighted by Crippen LogP contribution is 2.37. The first-order valence-electron chi connectivity index (χ1n) is 7.84. The third-order valence-electron chi connectivity index (χ3n) is 3.87. The van der Waals surface area contributed by atoms with E-state index < -0.39 is 23.3 Å². The first kappa shape index (κ1) is 17.0. The Morgan fingerprint density at radius 3 is 2.60 bits per heavy atom. The number of carbonyl (C=O) groups is 2. The van der Waals surface area contributed by atoms with Crippen LogP contribution in [0, 0.1) is 0 Å². The Labute approximate surface area is 144 Å². The summed E-state index contributed by atoms with van der Waals surface area (Å²) in [6.07, 6.45) is 0.254. The molecule has 0 amide bonds. The van der Waals surface area contributed by atoms with Crippen LogP contribution in [-0.4, -0.2) is 23.5 Å². The number of hydrogen-bond donors (Lipinski definition) is 0. The van der Waals surface area contributed by atoms with Gasteiger partial charge in [0.1, 0.15) is 16.9 Å². The molecule has 1 aromatic heterocycles. The van der Waals surface area contributed by atoms with Gasteiger partial charge in [0.2, 0.25) is 11.9 Å². The molecular formula is C19H18O6. The normalized spacial score (nSPS) is 18.2. The van der Waals surface area contributed by atoms with Gasteiger partial charge in [-0.3, -0.25) is 4.79 Å². The van der Waals surface area contributed by atoms with Crippen molar-refractivity contribution < 1.29 is 23.5 Å². The summed E-state index contributed by atoms with van der Waals surface area (Å²) in [4.78, 5) is 36.2. The highest BCUT2D eigenvalue weighted by atomic mass is 16.6.